The fourth-order valence-electron chi connectivity index (χ4n) is 2.10. The smallest absolute Gasteiger partial charge is 0.342 e. The van der Waals surface area contributed by atoms with Gasteiger partial charge in [-0.3, -0.25) is 10.1 Å². The molecule has 0 heterocycles. The molecule has 0 unspecified atom stereocenters. The third-order valence-electron chi connectivity index (χ3n) is 3.22. The Labute approximate surface area is 141 Å². The molecule has 0 aromatic heterocycles. The number of nitro groups is 1. The predicted molar refractivity (Wildman–Crippen MR) is 84.0 cm³/mol. The van der Waals surface area contributed by atoms with E-state index in [0.717, 1.165) is 13.2 Å². The monoisotopic (exact) mass is 351 g/mol. The van der Waals surface area contributed by atoms with Gasteiger partial charge in [-0.05, 0) is 18.2 Å². The normalized spacial score (nSPS) is 10.1. The average Bonchev–Trinajstić information content (AvgIpc) is 2.61. The van der Waals surface area contributed by atoms with Crippen molar-refractivity contribution in [1.82, 2.24) is 0 Å². The summed E-state index contributed by atoms with van der Waals surface area (Å²) in [7, 11) is 3.79. The SMILES string of the molecule is COC(=O)c1cc(F)cc([N+](=O)[O-])c1Oc1c(OC)cccc1OC. The van der Waals surface area contributed by atoms with Gasteiger partial charge in [0.05, 0.1) is 32.3 Å². The molecular weight excluding hydrogens is 337 g/mol. The van der Waals surface area contributed by atoms with E-state index >= 15 is 0 Å². The number of hydrogen-bond donors (Lipinski definition) is 0. The van der Waals surface area contributed by atoms with Crippen LogP contribution in [0.4, 0.5) is 10.1 Å². The highest BCUT2D eigenvalue weighted by Gasteiger charge is 2.28. The molecule has 0 aliphatic heterocycles. The minimum Gasteiger partial charge on any atom is -0.493 e. The summed E-state index contributed by atoms with van der Waals surface area (Å²) in [6.07, 6.45) is 0. The van der Waals surface area contributed by atoms with Crippen LogP contribution in [0.5, 0.6) is 23.0 Å². The lowest BCUT2D eigenvalue weighted by Crippen LogP contribution is -2.07. The number of rotatable bonds is 6. The number of nitro benzene ring substituents is 1. The van der Waals surface area contributed by atoms with Gasteiger partial charge in [0.25, 0.3) is 0 Å². The molecule has 0 aliphatic rings. The highest BCUT2D eigenvalue weighted by atomic mass is 19.1. The van der Waals surface area contributed by atoms with Crippen LogP contribution in [0.15, 0.2) is 30.3 Å². The van der Waals surface area contributed by atoms with Crippen molar-refractivity contribution in [3.63, 3.8) is 0 Å². The Morgan fingerprint density at radius 3 is 2.16 bits per heavy atom. The Balaban J connectivity index is 2.71. The highest BCUT2D eigenvalue weighted by Crippen LogP contribution is 2.44. The number of esters is 1. The lowest BCUT2D eigenvalue weighted by Gasteiger charge is -2.15. The lowest BCUT2D eigenvalue weighted by molar-refractivity contribution is -0.385. The second-order valence-corrected chi connectivity index (χ2v) is 4.64. The van der Waals surface area contributed by atoms with Crippen molar-refractivity contribution in [2.45, 2.75) is 0 Å². The van der Waals surface area contributed by atoms with Gasteiger partial charge in [0.15, 0.2) is 11.5 Å². The minimum atomic E-state index is -0.994. The molecule has 0 aliphatic carbocycles. The van der Waals surface area contributed by atoms with Gasteiger partial charge in [0, 0.05) is 0 Å². The van der Waals surface area contributed by atoms with E-state index in [1.165, 1.54) is 26.4 Å². The van der Waals surface area contributed by atoms with E-state index < -0.39 is 33.7 Å². The van der Waals surface area contributed by atoms with Crippen LogP contribution in [0.3, 0.4) is 0 Å². The molecule has 0 amide bonds. The molecule has 0 spiro atoms. The first-order chi connectivity index (χ1) is 11.9. The molecule has 0 saturated heterocycles. The van der Waals surface area contributed by atoms with E-state index in [0.29, 0.717) is 6.07 Å². The largest absolute Gasteiger partial charge is 0.493 e. The number of hydrogen-bond acceptors (Lipinski definition) is 7. The predicted octanol–water partition coefficient (Wildman–Crippen LogP) is 3.33. The summed E-state index contributed by atoms with van der Waals surface area (Å²) in [4.78, 5) is 22.3. The van der Waals surface area contributed by atoms with E-state index in [4.69, 9.17) is 14.2 Å². The van der Waals surface area contributed by atoms with Gasteiger partial charge in [-0.1, -0.05) is 6.07 Å². The van der Waals surface area contributed by atoms with Crippen LogP contribution < -0.4 is 14.2 Å². The van der Waals surface area contributed by atoms with Crippen molar-refractivity contribution in [2.24, 2.45) is 0 Å². The van der Waals surface area contributed by atoms with Crippen molar-refractivity contribution in [2.75, 3.05) is 21.3 Å². The van der Waals surface area contributed by atoms with Crippen LogP contribution in [-0.4, -0.2) is 32.2 Å². The van der Waals surface area contributed by atoms with Gasteiger partial charge in [0.1, 0.15) is 11.4 Å². The summed E-state index contributed by atoms with van der Waals surface area (Å²) < 4.78 is 34.1. The number of carbonyl (C=O) groups is 1. The summed E-state index contributed by atoms with van der Waals surface area (Å²) in [6.45, 7) is 0. The van der Waals surface area contributed by atoms with Gasteiger partial charge in [0.2, 0.25) is 11.5 Å². The van der Waals surface area contributed by atoms with Gasteiger partial charge >= 0.3 is 11.7 Å². The van der Waals surface area contributed by atoms with Gasteiger partial charge < -0.3 is 18.9 Å². The topological polar surface area (TPSA) is 97.1 Å². The number of ether oxygens (including phenoxy) is 4. The van der Waals surface area contributed by atoms with Crippen molar-refractivity contribution >= 4 is 11.7 Å². The number of nitrogens with zero attached hydrogens (tertiary/aromatic N) is 1. The van der Waals surface area contributed by atoms with Crippen LogP contribution >= 0.6 is 0 Å². The van der Waals surface area contributed by atoms with E-state index in [1.54, 1.807) is 6.07 Å². The second-order valence-electron chi connectivity index (χ2n) is 4.64. The molecule has 0 N–H and O–H groups in total. The highest BCUT2D eigenvalue weighted by molar-refractivity contribution is 5.94. The van der Waals surface area contributed by atoms with Gasteiger partial charge in [-0.15, -0.1) is 0 Å². The molecule has 0 fully saturated rings. The molecular formula is C16H14FNO7. The maximum atomic E-state index is 13.7. The summed E-state index contributed by atoms with van der Waals surface area (Å²) in [5, 5.41) is 11.3. The molecule has 132 valence electrons. The first-order valence-corrected chi connectivity index (χ1v) is 6.88. The Morgan fingerprint density at radius 1 is 1.08 bits per heavy atom. The Bertz CT molecular complexity index is 800. The first-order valence-electron chi connectivity index (χ1n) is 6.88. The first kappa shape index (κ1) is 18.0. The molecule has 9 heteroatoms. The maximum Gasteiger partial charge on any atom is 0.342 e. The molecule has 0 radical (unpaired) electrons. The number of carbonyl (C=O) groups excluding carboxylic acids is 1. The second kappa shape index (κ2) is 7.47. The average molecular weight is 351 g/mol. The standard InChI is InChI=1S/C16H14FNO7/c1-22-12-5-4-6-13(23-2)15(12)25-14-10(16(19)24-3)7-9(17)8-11(14)18(20)21/h4-8H,1-3H3. The summed E-state index contributed by atoms with van der Waals surface area (Å²) in [5.41, 5.74) is -1.18. The molecule has 0 saturated carbocycles. The Morgan fingerprint density at radius 2 is 1.68 bits per heavy atom. The molecule has 25 heavy (non-hydrogen) atoms. The van der Waals surface area contributed by atoms with Gasteiger partial charge in [-0.25, -0.2) is 9.18 Å². The van der Waals surface area contributed by atoms with Crippen molar-refractivity contribution in [1.29, 1.82) is 0 Å². The lowest BCUT2D eigenvalue weighted by atomic mass is 10.1. The fraction of sp³-hybridized carbons (Fsp3) is 0.188. The number of para-hydroxylation sites is 1. The summed E-state index contributed by atoms with van der Waals surface area (Å²) in [6, 6.07) is 6.11. The molecule has 2 rings (SSSR count). The fourth-order valence-corrected chi connectivity index (χ4v) is 2.10. The van der Waals surface area contributed by atoms with E-state index in [9.17, 15) is 19.3 Å². The van der Waals surface area contributed by atoms with E-state index in [1.807, 2.05) is 0 Å². The van der Waals surface area contributed by atoms with Crippen LogP contribution in [0.25, 0.3) is 0 Å². The third kappa shape index (κ3) is 3.60. The zero-order valence-corrected chi connectivity index (χ0v) is 13.6. The maximum absolute atomic E-state index is 13.7. The summed E-state index contributed by atoms with van der Waals surface area (Å²) >= 11 is 0. The molecule has 2 aromatic rings. The van der Waals surface area contributed by atoms with Crippen molar-refractivity contribution in [3.8, 4) is 23.0 Å². The van der Waals surface area contributed by atoms with Crippen LogP contribution in [0.1, 0.15) is 10.4 Å². The Kier molecular flexibility index (Phi) is 5.38. The van der Waals surface area contributed by atoms with Gasteiger partial charge in [-0.2, -0.15) is 0 Å². The number of benzene rings is 2. The van der Waals surface area contributed by atoms with Crippen molar-refractivity contribution < 1.29 is 33.1 Å². The third-order valence-corrected chi connectivity index (χ3v) is 3.22. The quantitative estimate of drug-likeness (QED) is 0.447. The van der Waals surface area contributed by atoms with Crippen LogP contribution in [-0.2, 0) is 4.74 Å². The number of halogens is 1. The molecule has 2 aromatic carbocycles. The Hall–Kier alpha value is -3.36. The zero-order valence-electron chi connectivity index (χ0n) is 13.6. The number of methoxy groups -OCH3 is 3. The van der Waals surface area contributed by atoms with Crippen molar-refractivity contribution in [3.05, 3.63) is 51.8 Å². The van der Waals surface area contributed by atoms with Crippen LogP contribution in [0, 0.1) is 15.9 Å². The molecule has 8 nitrogen and oxygen atoms in total. The van der Waals surface area contributed by atoms with E-state index in [-0.39, 0.29) is 17.2 Å². The minimum absolute atomic E-state index is 0.00707. The van der Waals surface area contributed by atoms with E-state index in [2.05, 4.69) is 4.74 Å². The molecule has 0 atom stereocenters. The van der Waals surface area contributed by atoms with Crippen LogP contribution in [0.2, 0.25) is 0 Å². The zero-order chi connectivity index (χ0) is 18.6. The summed E-state index contributed by atoms with van der Waals surface area (Å²) in [5.74, 6) is -2.06. The molecule has 0 bridgehead atoms.